The number of carbonyl (C=O) groups excluding carboxylic acids is 1. The van der Waals surface area contributed by atoms with Gasteiger partial charge in [0.15, 0.2) is 0 Å². The highest BCUT2D eigenvalue weighted by molar-refractivity contribution is 7.89. The van der Waals surface area contributed by atoms with Gasteiger partial charge in [-0.05, 0) is 69.2 Å². The number of hydrogen-bond acceptors (Lipinski definition) is 6. The number of fused-ring (bicyclic) bond motifs is 1. The van der Waals surface area contributed by atoms with Crippen LogP contribution >= 0.6 is 0 Å². The molecule has 2 amide bonds. The van der Waals surface area contributed by atoms with Crippen LogP contribution in [0.25, 0.3) is 0 Å². The van der Waals surface area contributed by atoms with Crippen LogP contribution in [0, 0.1) is 5.41 Å². The van der Waals surface area contributed by atoms with Gasteiger partial charge >= 0.3 is 6.03 Å². The first kappa shape index (κ1) is 28.6. The number of β-amino-alcohol motifs (C(OH)–C–C–N with tert-alkyl or cyclic N) is 1. The minimum Gasteiger partial charge on any atom is -0.492 e. The van der Waals surface area contributed by atoms with Crippen molar-refractivity contribution in [3.05, 3.63) is 23.8 Å². The first-order valence-electron chi connectivity index (χ1n) is 14.9. The molecule has 2 saturated carbocycles. The number of piperidine rings is 1. The lowest BCUT2D eigenvalue weighted by molar-refractivity contribution is 0.0239. The van der Waals surface area contributed by atoms with Crippen molar-refractivity contribution in [3.63, 3.8) is 0 Å². The smallest absolute Gasteiger partial charge is 0.317 e. The molecule has 4 aliphatic rings. The van der Waals surface area contributed by atoms with Gasteiger partial charge in [0.25, 0.3) is 0 Å². The maximum Gasteiger partial charge on any atom is 0.317 e. The molecule has 2 heterocycles. The Hall–Kier alpha value is -1.88. The zero-order chi connectivity index (χ0) is 27.5. The lowest BCUT2D eigenvalue weighted by Crippen LogP contribution is -2.54. The Morgan fingerprint density at radius 1 is 1.08 bits per heavy atom. The predicted molar refractivity (Wildman–Crippen MR) is 150 cm³/mol. The van der Waals surface area contributed by atoms with Crippen LogP contribution in [-0.2, 0) is 10.0 Å². The van der Waals surface area contributed by atoms with E-state index in [1.54, 1.807) is 6.07 Å². The van der Waals surface area contributed by atoms with Gasteiger partial charge in [-0.3, -0.25) is 0 Å². The molecule has 0 aromatic heterocycles. The third-order valence-electron chi connectivity index (χ3n) is 9.30. The van der Waals surface area contributed by atoms with E-state index < -0.39 is 16.1 Å². The molecule has 3 N–H and O–H groups in total. The highest BCUT2D eigenvalue weighted by Gasteiger charge is 2.39. The Morgan fingerprint density at radius 3 is 2.49 bits per heavy atom. The number of hydrogen-bond donors (Lipinski definition) is 3. The normalized spacial score (nSPS) is 27.2. The van der Waals surface area contributed by atoms with Gasteiger partial charge in [0.1, 0.15) is 10.6 Å². The Kier molecular flexibility index (Phi) is 9.05. The molecule has 2 aliphatic carbocycles. The van der Waals surface area contributed by atoms with Crippen molar-refractivity contribution < 1.29 is 23.1 Å². The monoisotopic (exact) mass is 562 g/mol. The molecule has 1 saturated heterocycles. The van der Waals surface area contributed by atoms with Gasteiger partial charge in [-0.15, -0.1) is 0 Å². The van der Waals surface area contributed by atoms with E-state index in [0.29, 0.717) is 44.5 Å². The summed E-state index contributed by atoms with van der Waals surface area (Å²) in [6, 6.07) is 5.82. The van der Waals surface area contributed by atoms with Gasteiger partial charge in [-0.2, -0.15) is 0 Å². The van der Waals surface area contributed by atoms with Crippen molar-refractivity contribution in [3.8, 4) is 5.75 Å². The molecule has 1 aromatic carbocycles. The van der Waals surface area contributed by atoms with E-state index in [-0.39, 0.29) is 28.9 Å². The summed E-state index contributed by atoms with van der Waals surface area (Å²) in [7, 11) is -1.89. The van der Waals surface area contributed by atoms with Crippen molar-refractivity contribution in [1.29, 1.82) is 0 Å². The molecule has 1 aromatic rings. The molecule has 9 nitrogen and oxygen atoms in total. The number of aliphatic hydroxyl groups excluding tert-OH is 1. The molecule has 1 unspecified atom stereocenters. The van der Waals surface area contributed by atoms with Gasteiger partial charge in [0, 0.05) is 44.2 Å². The highest BCUT2D eigenvalue weighted by Crippen LogP contribution is 2.39. The summed E-state index contributed by atoms with van der Waals surface area (Å²) in [5, 5.41) is 13.9. The second-order valence-corrected chi connectivity index (χ2v) is 14.2. The standard InChI is InChI=1S/C29H46N4O5S/c1-32-19-25(34)18-30-39(36,37)27-12-11-23(22-7-5-6-8-22)17-26(27)38-21-29(20-32)13-15-33(16-14-29)28(35)31-24-9-3-2-4-10-24/h11-12,17,22,24-25,30,34H,2-10,13-16,18-21H2,1H3,(H,31,35). The molecule has 5 rings (SSSR count). The molecule has 3 fully saturated rings. The van der Waals surface area contributed by atoms with E-state index >= 15 is 0 Å². The summed E-state index contributed by atoms with van der Waals surface area (Å²) in [6.45, 7) is 2.62. The molecule has 1 atom stereocenters. The van der Waals surface area contributed by atoms with Gasteiger partial charge in [-0.1, -0.05) is 38.2 Å². The fraction of sp³-hybridized carbons (Fsp3) is 0.759. The summed E-state index contributed by atoms with van der Waals surface area (Å²) >= 11 is 0. The number of likely N-dealkylation sites (N-methyl/N-ethyl adjacent to an activating group) is 1. The Balaban J connectivity index is 1.35. The number of sulfonamides is 1. The van der Waals surface area contributed by atoms with Crippen molar-refractivity contribution in [2.45, 2.75) is 93.6 Å². The number of benzene rings is 1. The van der Waals surface area contributed by atoms with Gasteiger partial charge in [0.05, 0.1) is 12.7 Å². The molecule has 0 bridgehead atoms. The molecule has 218 valence electrons. The number of nitrogens with one attached hydrogen (secondary N) is 2. The summed E-state index contributed by atoms with van der Waals surface area (Å²) < 4.78 is 35.5. The minimum absolute atomic E-state index is 0.0262. The van der Waals surface area contributed by atoms with Crippen LogP contribution in [0.15, 0.2) is 23.1 Å². The Morgan fingerprint density at radius 2 is 1.77 bits per heavy atom. The third-order valence-corrected chi connectivity index (χ3v) is 10.8. The Bertz CT molecular complexity index is 1090. The molecule has 0 radical (unpaired) electrons. The van der Waals surface area contributed by atoms with E-state index in [2.05, 4.69) is 14.9 Å². The molecule has 39 heavy (non-hydrogen) atoms. The summed E-state index contributed by atoms with van der Waals surface area (Å²) in [6.07, 6.45) is 11.0. The van der Waals surface area contributed by atoms with Crippen molar-refractivity contribution in [2.75, 3.05) is 46.4 Å². The van der Waals surface area contributed by atoms with Crippen LogP contribution < -0.4 is 14.8 Å². The fourth-order valence-electron chi connectivity index (χ4n) is 6.99. The first-order chi connectivity index (χ1) is 18.7. The average molecular weight is 563 g/mol. The van der Waals surface area contributed by atoms with E-state index in [0.717, 1.165) is 44.1 Å². The van der Waals surface area contributed by atoms with Crippen LogP contribution in [0.2, 0.25) is 0 Å². The van der Waals surface area contributed by atoms with Gasteiger partial charge < -0.3 is 25.0 Å². The lowest BCUT2D eigenvalue weighted by Gasteiger charge is -2.44. The number of carbonyl (C=O) groups is 1. The number of aliphatic hydroxyl groups is 1. The molecule has 10 heteroatoms. The van der Waals surface area contributed by atoms with Crippen LogP contribution in [0.3, 0.4) is 0 Å². The second kappa shape index (κ2) is 12.3. The minimum atomic E-state index is -3.85. The fourth-order valence-corrected chi connectivity index (χ4v) is 8.19. The number of urea groups is 1. The van der Waals surface area contributed by atoms with Crippen LogP contribution in [0.1, 0.15) is 82.1 Å². The van der Waals surface area contributed by atoms with Crippen LogP contribution in [-0.4, -0.2) is 87.9 Å². The predicted octanol–water partition coefficient (Wildman–Crippen LogP) is 3.43. The quantitative estimate of drug-likeness (QED) is 0.509. The van der Waals surface area contributed by atoms with E-state index in [1.807, 2.05) is 24.1 Å². The largest absolute Gasteiger partial charge is 0.492 e. The number of nitrogens with zero attached hydrogens (tertiary/aromatic N) is 2. The van der Waals surface area contributed by atoms with Gasteiger partial charge in [-0.25, -0.2) is 17.9 Å². The average Bonchev–Trinajstić information content (AvgIpc) is 3.46. The lowest BCUT2D eigenvalue weighted by atomic mass is 9.78. The van der Waals surface area contributed by atoms with Gasteiger partial charge in [0.2, 0.25) is 10.0 Å². The highest BCUT2D eigenvalue weighted by atomic mass is 32.2. The number of amides is 2. The maximum atomic E-state index is 13.3. The molecule has 1 spiro atoms. The van der Waals surface area contributed by atoms with Crippen molar-refractivity contribution >= 4 is 16.1 Å². The van der Waals surface area contributed by atoms with E-state index in [4.69, 9.17) is 4.74 Å². The van der Waals surface area contributed by atoms with Crippen molar-refractivity contribution in [1.82, 2.24) is 19.8 Å². The summed E-state index contributed by atoms with van der Waals surface area (Å²) in [5.41, 5.74) is 0.876. The first-order valence-corrected chi connectivity index (χ1v) is 16.4. The Labute approximate surface area is 233 Å². The van der Waals surface area contributed by atoms with Crippen molar-refractivity contribution in [2.24, 2.45) is 5.41 Å². The van der Waals surface area contributed by atoms with E-state index in [9.17, 15) is 18.3 Å². The van der Waals surface area contributed by atoms with Crippen LogP contribution in [0.4, 0.5) is 4.79 Å². The second-order valence-electron chi connectivity index (χ2n) is 12.5. The molecule has 2 aliphatic heterocycles. The van der Waals surface area contributed by atoms with E-state index in [1.165, 1.54) is 32.1 Å². The topological polar surface area (TPSA) is 111 Å². The third kappa shape index (κ3) is 7.07. The summed E-state index contributed by atoms with van der Waals surface area (Å²) in [5.74, 6) is 0.824. The van der Waals surface area contributed by atoms with Crippen LogP contribution in [0.5, 0.6) is 5.75 Å². The zero-order valence-corrected chi connectivity index (χ0v) is 24.2. The zero-order valence-electron chi connectivity index (χ0n) is 23.4. The maximum absolute atomic E-state index is 13.3. The molecular weight excluding hydrogens is 516 g/mol. The number of likely N-dealkylation sites (tertiary alicyclic amines) is 1. The SMILES string of the molecule is CN1CC(O)CNS(=O)(=O)c2ccc(C3CCCC3)cc2OCC2(CCN(C(=O)NC3CCCCC3)CC2)C1. The summed E-state index contributed by atoms with van der Waals surface area (Å²) in [4.78, 5) is 17.1. The number of rotatable bonds is 2. The molecular formula is C29H46N4O5S. The number of ether oxygens (including phenoxy) is 1.